The lowest BCUT2D eigenvalue weighted by Gasteiger charge is -2.27. The number of carbonyl (C=O) groups excluding carboxylic acids is 3. The van der Waals surface area contributed by atoms with Crippen LogP contribution in [0.1, 0.15) is 30.0 Å². The number of hydrogen-bond donors (Lipinski definition) is 1. The average molecular weight is 557 g/mol. The van der Waals surface area contributed by atoms with Gasteiger partial charge in [0, 0.05) is 33.0 Å². The van der Waals surface area contributed by atoms with Crippen LogP contribution in [0.4, 0.5) is 11.4 Å². The summed E-state index contributed by atoms with van der Waals surface area (Å²) in [6.45, 7) is 2.00. The molecule has 0 aliphatic carbocycles. The number of amides is 2. The van der Waals surface area contributed by atoms with Gasteiger partial charge in [0.2, 0.25) is 11.8 Å². The number of methoxy groups -OCH3 is 3. The molecule has 0 aromatic heterocycles. The fourth-order valence-electron chi connectivity index (χ4n) is 4.60. The number of esters is 1. The lowest BCUT2D eigenvalue weighted by atomic mass is 9.77. The molecule has 0 spiro atoms. The largest absolute Gasteiger partial charge is 0.497 e. The number of benzene rings is 3. The van der Waals surface area contributed by atoms with Gasteiger partial charge < -0.3 is 24.4 Å². The highest BCUT2D eigenvalue weighted by molar-refractivity contribution is 6.33. The standard InChI is InChI=1S/C28H26Cl2N2O6/c1-28(20-12-18(7-9-22(20)30)31-25(33)14-26(34)38-4)21-11-17(29)6-10-23(21)32(27(28)35)15-16-5-8-19(36-2)13-24(16)37-3/h5-13H,14-15H2,1-4H3,(H,31,33). The van der Waals surface area contributed by atoms with Crippen LogP contribution in [0, 0.1) is 0 Å². The first kappa shape index (κ1) is 27.3. The van der Waals surface area contributed by atoms with Crippen molar-refractivity contribution in [1.82, 2.24) is 0 Å². The maximum Gasteiger partial charge on any atom is 0.315 e. The summed E-state index contributed by atoms with van der Waals surface area (Å²) in [5, 5.41) is 3.46. The van der Waals surface area contributed by atoms with Crippen LogP contribution >= 0.6 is 23.2 Å². The first-order valence-corrected chi connectivity index (χ1v) is 12.4. The molecular formula is C28H26Cl2N2O6. The topological polar surface area (TPSA) is 94.2 Å². The highest BCUT2D eigenvalue weighted by atomic mass is 35.5. The Hall–Kier alpha value is -3.75. The third-order valence-corrected chi connectivity index (χ3v) is 7.17. The summed E-state index contributed by atoms with van der Waals surface area (Å²) in [6.07, 6.45) is -0.444. The average Bonchev–Trinajstić information content (AvgIpc) is 3.11. The van der Waals surface area contributed by atoms with Gasteiger partial charge in [0.1, 0.15) is 23.3 Å². The van der Waals surface area contributed by atoms with Gasteiger partial charge in [-0.25, -0.2) is 0 Å². The molecule has 1 aliphatic heterocycles. The van der Waals surface area contributed by atoms with E-state index in [1.54, 1.807) is 74.6 Å². The molecule has 8 nitrogen and oxygen atoms in total. The Morgan fingerprint density at radius 3 is 2.39 bits per heavy atom. The zero-order chi connectivity index (χ0) is 27.6. The van der Waals surface area contributed by atoms with Crippen LogP contribution in [-0.2, 0) is 31.1 Å². The van der Waals surface area contributed by atoms with E-state index < -0.39 is 23.7 Å². The number of ether oxygens (including phenoxy) is 3. The Balaban J connectivity index is 1.77. The van der Waals surface area contributed by atoms with Crippen LogP contribution in [-0.4, -0.2) is 39.1 Å². The van der Waals surface area contributed by atoms with Gasteiger partial charge in [0.25, 0.3) is 0 Å². The van der Waals surface area contributed by atoms with Crippen LogP contribution < -0.4 is 19.7 Å². The molecule has 10 heteroatoms. The molecule has 0 saturated carbocycles. The van der Waals surface area contributed by atoms with Crippen LogP contribution in [0.2, 0.25) is 10.0 Å². The molecule has 0 bridgehead atoms. The van der Waals surface area contributed by atoms with Crippen LogP contribution in [0.3, 0.4) is 0 Å². The molecule has 1 heterocycles. The van der Waals surface area contributed by atoms with E-state index in [1.807, 2.05) is 6.07 Å². The van der Waals surface area contributed by atoms with Crippen molar-refractivity contribution in [2.45, 2.75) is 25.3 Å². The molecule has 198 valence electrons. The highest BCUT2D eigenvalue weighted by Gasteiger charge is 2.50. The van der Waals surface area contributed by atoms with E-state index in [9.17, 15) is 14.4 Å². The summed E-state index contributed by atoms with van der Waals surface area (Å²) < 4.78 is 15.4. The second-order valence-corrected chi connectivity index (χ2v) is 9.69. The molecule has 0 radical (unpaired) electrons. The minimum absolute atomic E-state index is 0.226. The number of rotatable bonds is 8. The lowest BCUT2D eigenvalue weighted by molar-refractivity contribution is -0.142. The van der Waals surface area contributed by atoms with E-state index in [1.165, 1.54) is 7.11 Å². The third kappa shape index (κ3) is 5.01. The number of anilines is 2. The number of carbonyl (C=O) groups is 3. The molecule has 1 N–H and O–H groups in total. The first-order valence-electron chi connectivity index (χ1n) is 11.6. The monoisotopic (exact) mass is 556 g/mol. The zero-order valence-electron chi connectivity index (χ0n) is 21.3. The molecule has 1 atom stereocenters. The van der Waals surface area contributed by atoms with Crippen molar-refractivity contribution >= 4 is 52.4 Å². The smallest absolute Gasteiger partial charge is 0.315 e. The summed E-state index contributed by atoms with van der Waals surface area (Å²) in [5.74, 6) is -0.233. The SMILES string of the molecule is COC(=O)CC(=O)Nc1ccc(Cl)c(C2(C)C(=O)N(Cc3ccc(OC)cc3OC)c3ccc(Cl)cc32)c1. The van der Waals surface area contributed by atoms with Crippen LogP contribution in [0.5, 0.6) is 11.5 Å². The number of nitrogens with one attached hydrogen (secondary N) is 1. The Kier molecular flexibility index (Phi) is 7.85. The summed E-state index contributed by atoms with van der Waals surface area (Å²) in [7, 11) is 4.33. The molecule has 1 unspecified atom stereocenters. The second-order valence-electron chi connectivity index (χ2n) is 8.85. The summed E-state index contributed by atoms with van der Waals surface area (Å²) >= 11 is 13.0. The quantitative estimate of drug-likeness (QED) is 0.296. The predicted molar refractivity (Wildman–Crippen MR) is 145 cm³/mol. The van der Waals surface area contributed by atoms with Gasteiger partial charge in [-0.1, -0.05) is 23.2 Å². The molecular weight excluding hydrogens is 531 g/mol. The van der Waals surface area contributed by atoms with Crippen molar-refractivity contribution < 1.29 is 28.6 Å². The molecule has 1 aliphatic rings. The fourth-order valence-corrected chi connectivity index (χ4v) is 5.08. The maximum absolute atomic E-state index is 14.2. The normalized spacial score (nSPS) is 16.2. The van der Waals surface area contributed by atoms with E-state index in [-0.39, 0.29) is 12.5 Å². The van der Waals surface area contributed by atoms with Crippen LogP contribution in [0.15, 0.2) is 54.6 Å². The van der Waals surface area contributed by atoms with Gasteiger partial charge in [-0.2, -0.15) is 0 Å². The van der Waals surface area contributed by atoms with E-state index in [0.717, 1.165) is 5.56 Å². The Morgan fingerprint density at radius 1 is 0.947 bits per heavy atom. The van der Waals surface area contributed by atoms with Crippen molar-refractivity contribution in [2.75, 3.05) is 31.5 Å². The van der Waals surface area contributed by atoms with Crippen molar-refractivity contribution in [1.29, 1.82) is 0 Å². The predicted octanol–water partition coefficient (Wildman–Crippen LogP) is 5.37. The van der Waals surface area contributed by atoms with Crippen LogP contribution in [0.25, 0.3) is 0 Å². The lowest BCUT2D eigenvalue weighted by Crippen LogP contribution is -2.39. The molecule has 3 aromatic rings. The highest BCUT2D eigenvalue weighted by Crippen LogP contribution is 2.50. The molecule has 38 heavy (non-hydrogen) atoms. The van der Waals surface area contributed by atoms with Crippen molar-refractivity contribution in [3.05, 3.63) is 81.3 Å². The Labute approximate surface area is 230 Å². The molecule has 3 aromatic carbocycles. The second kappa shape index (κ2) is 10.9. The zero-order valence-corrected chi connectivity index (χ0v) is 22.8. The number of nitrogens with zero attached hydrogens (tertiary/aromatic N) is 1. The number of hydrogen-bond acceptors (Lipinski definition) is 6. The Morgan fingerprint density at radius 2 is 1.71 bits per heavy atom. The molecule has 4 rings (SSSR count). The summed E-state index contributed by atoms with van der Waals surface area (Å²) in [6, 6.07) is 15.5. The van der Waals surface area contributed by atoms with Gasteiger partial charge in [-0.15, -0.1) is 0 Å². The fraction of sp³-hybridized carbons (Fsp3) is 0.250. The first-order chi connectivity index (χ1) is 18.1. The number of fused-ring (bicyclic) bond motifs is 1. The summed E-state index contributed by atoms with van der Waals surface area (Å²) in [5.41, 5.74) is 1.76. The van der Waals surface area contributed by atoms with E-state index >= 15 is 0 Å². The molecule has 0 fully saturated rings. The van der Waals surface area contributed by atoms with Gasteiger partial charge in [0.15, 0.2) is 0 Å². The third-order valence-electron chi connectivity index (χ3n) is 6.61. The summed E-state index contributed by atoms with van der Waals surface area (Å²) in [4.78, 5) is 39.6. The minimum atomic E-state index is -1.22. The van der Waals surface area contributed by atoms with Gasteiger partial charge in [0.05, 0.1) is 27.9 Å². The molecule has 0 saturated heterocycles. The van der Waals surface area contributed by atoms with E-state index in [0.29, 0.717) is 44.0 Å². The van der Waals surface area contributed by atoms with Crippen molar-refractivity contribution in [3.8, 4) is 11.5 Å². The van der Waals surface area contributed by atoms with Crippen molar-refractivity contribution in [3.63, 3.8) is 0 Å². The maximum atomic E-state index is 14.2. The van der Waals surface area contributed by atoms with Gasteiger partial charge >= 0.3 is 5.97 Å². The Bertz CT molecular complexity index is 1430. The van der Waals surface area contributed by atoms with E-state index in [2.05, 4.69) is 10.1 Å². The number of halogens is 2. The minimum Gasteiger partial charge on any atom is -0.497 e. The van der Waals surface area contributed by atoms with E-state index in [4.69, 9.17) is 32.7 Å². The van der Waals surface area contributed by atoms with Gasteiger partial charge in [-0.3, -0.25) is 14.4 Å². The van der Waals surface area contributed by atoms with Crippen molar-refractivity contribution in [2.24, 2.45) is 0 Å². The van der Waals surface area contributed by atoms with Gasteiger partial charge in [-0.05, 0) is 66.6 Å². The molecule has 2 amide bonds.